The van der Waals surface area contributed by atoms with E-state index in [-0.39, 0.29) is 0 Å². The highest BCUT2D eigenvalue weighted by Crippen LogP contribution is 2.20. The van der Waals surface area contributed by atoms with E-state index in [1.54, 1.807) is 0 Å². The highest BCUT2D eigenvalue weighted by Gasteiger charge is 2.08. The van der Waals surface area contributed by atoms with E-state index in [1.807, 2.05) is 0 Å². The molecule has 1 unspecified atom stereocenters. The molecule has 0 fully saturated rings. The van der Waals surface area contributed by atoms with Crippen LogP contribution >= 0.6 is 0 Å². The molecule has 3 heteroatoms. The Bertz CT molecular complexity index is 359. The number of benzene rings is 1. The maximum absolute atomic E-state index is 3.60. The molecule has 1 aromatic rings. The highest BCUT2D eigenvalue weighted by molar-refractivity contribution is 5.47. The van der Waals surface area contributed by atoms with Crippen molar-refractivity contribution < 1.29 is 0 Å². The standard InChI is InChI=1S/C17H31N3/c1-6-12-18-17(7-2)15-8-10-16(11-9-15)20(5)14-13-19(3)4/h8-11,17-18H,6-7,12-14H2,1-5H3. The molecule has 3 nitrogen and oxygen atoms in total. The van der Waals surface area contributed by atoms with Crippen LogP contribution in [0, 0.1) is 0 Å². The smallest absolute Gasteiger partial charge is 0.0364 e. The lowest BCUT2D eigenvalue weighted by atomic mass is 10.0. The first-order chi connectivity index (χ1) is 9.58. The van der Waals surface area contributed by atoms with Gasteiger partial charge in [-0.15, -0.1) is 0 Å². The molecule has 0 saturated heterocycles. The van der Waals surface area contributed by atoms with Gasteiger partial charge in [0, 0.05) is 31.9 Å². The van der Waals surface area contributed by atoms with E-state index in [2.05, 4.69) is 74.4 Å². The van der Waals surface area contributed by atoms with E-state index >= 15 is 0 Å². The lowest BCUT2D eigenvalue weighted by Gasteiger charge is -2.23. The molecule has 0 aliphatic carbocycles. The zero-order valence-electron chi connectivity index (χ0n) is 13.8. The molecule has 1 N–H and O–H groups in total. The number of nitrogens with one attached hydrogen (secondary N) is 1. The van der Waals surface area contributed by atoms with Gasteiger partial charge in [-0.1, -0.05) is 26.0 Å². The highest BCUT2D eigenvalue weighted by atomic mass is 15.1. The van der Waals surface area contributed by atoms with Crippen molar-refractivity contribution >= 4 is 5.69 Å². The number of likely N-dealkylation sites (N-methyl/N-ethyl adjacent to an activating group) is 2. The van der Waals surface area contributed by atoms with Crippen molar-refractivity contribution in [3.05, 3.63) is 29.8 Å². The molecule has 0 aliphatic rings. The van der Waals surface area contributed by atoms with Gasteiger partial charge in [0.15, 0.2) is 0 Å². The third-order valence-corrected chi connectivity index (χ3v) is 3.67. The van der Waals surface area contributed by atoms with Gasteiger partial charge in [0.2, 0.25) is 0 Å². The minimum absolute atomic E-state index is 0.482. The first-order valence-corrected chi connectivity index (χ1v) is 7.77. The van der Waals surface area contributed by atoms with Crippen molar-refractivity contribution in [2.75, 3.05) is 45.7 Å². The van der Waals surface area contributed by atoms with Gasteiger partial charge in [0.25, 0.3) is 0 Å². The van der Waals surface area contributed by atoms with Crippen LogP contribution in [0.25, 0.3) is 0 Å². The second-order valence-electron chi connectivity index (χ2n) is 5.73. The van der Waals surface area contributed by atoms with E-state index in [9.17, 15) is 0 Å². The molecule has 114 valence electrons. The minimum atomic E-state index is 0.482. The van der Waals surface area contributed by atoms with Crippen LogP contribution in [0.5, 0.6) is 0 Å². The van der Waals surface area contributed by atoms with E-state index in [4.69, 9.17) is 0 Å². The summed E-state index contributed by atoms with van der Waals surface area (Å²) >= 11 is 0. The average Bonchev–Trinajstić information content (AvgIpc) is 2.46. The van der Waals surface area contributed by atoms with E-state index in [1.165, 1.54) is 17.7 Å². The van der Waals surface area contributed by atoms with Crippen LogP contribution in [0.2, 0.25) is 0 Å². The summed E-state index contributed by atoms with van der Waals surface area (Å²) < 4.78 is 0. The Kier molecular flexibility index (Phi) is 7.63. The Balaban J connectivity index is 2.62. The monoisotopic (exact) mass is 277 g/mol. The van der Waals surface area contributed by atoms with Crippen molar-refractivity contribution in [3.63, 3.8) is 0 Å². The first kappa shape index (κ1) is 17.0. The third kappa shape index (κ3) is 5.51. The fourth-order valence-corrected chi connectivity index (χ4v) is 2.26. The molecule has 0 saturated carbocycles. The number of anilines is 1. The van der Waals surface area contributed by atoms with Gasteiger partial charge >= 0.3 is 0 Å². The van der Waals surface area contributed by atoms with Gasteiger partial charge in [0.05, 0.1) is 0 Å². The first-order valence-electron chi connectivity index (χ1n) is 7.77. The largest absolute Gasteiger partial charge is 0.373 e. The zero-order valence-corrected chi connectivity index (χ0v) is 13.8. The number of hydrogen-bond acceptors (Lipinski definition) is 3. The van der Waals surface area contributed by atoms with Gasteiger partial charge in [-0.3, -0.25) is 0 Å². The summed E-state index contributed by atoms with van der Waals surface area (Å²) in [4.78, 5) is 4.52. The normalized spacial score (nSPS) is 12.7. The summed E-state index contributed by atoms with van der Waals surface area (Å²) in [7, 11) is 6.38. The Hall–Kier alpha value is -1.06. The molecule has 1 atom stereocenters. The molecule has 0 heterocycles. The maximum atomic E-state index is 3.60. The summed E-state index contributed by atoms with van der Waals surface area (Å²) in [6.45, 7) is 7.67. The maximum Gasteiger partial charge on any atom is 0.0364 e. The lowest BCUT2D eigenvalue weighted by molar-refractivity contribution is 0.416. The predicted octanol–water partition coefficient (Wildman–Crippen LogP) is 3.14. The second kappa shape index (κ2) is 8.98. The van der Waals surface area contributed by atoms with E-state index in [0.29, 0.717) is 6.04 Å². The van der Waals surface area contributed by atoms with Gasteiger partial charge in [-0.05, 0) is 51.2 Å². The molecule has 1 rings (SSSR count). The Morgan fingerprint density at radius 1 is 1.00 bits per heavy atom. The Labute approximate surface area is 125 Å². The number of rotatable bonds is 9. The number of nitrogens with zero attached hydrogens (tertiary/aromatic N) is 2. The van der Waals surface area contributed by atoms with Crippen molar-refractivity contribution in [2.45, 2.75) is 32.7 Å². The summed E-state index contributed by atoms with van der Waals surface area (Å²) in [5, 5.41) is 3.60. The molecular weight excluding hydrogens is 246 g/mol. The summed E-state index contributed by atoms with van der Waals surface area (Å²) in [5.74, 6) is 0. The molecule has 20 heavy (non-hydrogen) atoms. The molecule has 0 aliphatic heterocycles. The molecule has 0 bridgehead atoms. The van der Waals surface area contributed by atoms with Gasteiger partial charge in [0.1, 0.15) is 0 Å². The fourth-order valence-electron chi connectivity index (χ4n) is 2.26. The topological polar surface area (TPSA) is 18.5 Å². The van der Waals surface area contributed by atoms with Crippen molar-refractivity contribution in [3.8, 4) is 0 Å². The lowest BCUT2D eigenvalue weighted by Crippen LogP contribution is -2.28. The van der Waals surface area contributed by atoms with Crippen molar-refractivity contribution in [1.29, 1.82) is 0 Å². The molecule has 0 aromatic heterocycles. The second-order valence-corrected chi connectivity index (χ2v) is 5.73. The van der Waals surface area contributed by atoms with Gasteiger partial charge in [-0.2, -0.15) is 0 Å². The van der Waals surface area contributed by atoms with Crippen molar-refractivity contribution in [1.82, 2.24) is 10.2 Å². The summed E-state index contributed by atoms with van der Waals surface area (Å²) in [6, 6.07) is 9.48. The van der Waals surface area contributed by atoms with Gasteiger partial charge in [-0.25, -0.2) is 0 Å². The minimum Gasteiger partial charge on any atom is -0.373 e. The quantitative estimate of drug-likeness (QED) is 0.748. The number of hydrogen-bond donors (Lipinski definition) is 1. The average molecular weight is 277 g/mol. The van der Waals surface area contributed by atoms with E-state index < -0.39 is 0 Å². The SMILES string of the molecule is CCCNC(CC)c1ccc(N(C)CCN(C)C)cc1. The van der Waals surface area contributed by atoms with Crippen LogP contribution in [-0.4, -0.2) is 45.7 Å². The van der Waals surface area contributed by atoms with Crippen LogP contribution in [0.4, 0.5) is 5.69 Å². The Morgan fingerprint density at radius 2 is 1.65 bits per heavy atom. The fraction of sp³-hybridized carbons (Fsp3) is 0.647. The van der Waals surface area contributed by atoms with Crippen molar-refractivity contribution in [2.24, 2.45) is 0 Å². The van der Waals surface area contributed by atoms with E-state index in [0.717, 1.165) is 26.1 Å². The Morgan fingerprint density at radius 3 is 2.15 bits per heavy atom. The van der Waals surface area contributed by atoms with Crippen LogP contribution in [0.15, 0.2) is 24.3 Å². The predicted molar refractivity (Wildman–Crippen MR) is 89.6 cm³/mol. The van der Waals surface area contributed by atoms with Crippen LogP contribution in [-0.2, 0) is 0 Å². The van der Waals surface area contributed by atoms with Gasteiger partial charge < -0.3 is 15.1 Å². The zero-order chi connectivity index (χ0) is 15.0. The van der Waals surface area contributed by atoms with Crippen LogP contribution in [0.1, 0.15) is 38.3 Å². The van der Waals surface area contributed by atoms with Crippen LogP contribution < -0.4 is 10.2 Å². The molecule has 0 radical (unpaired) electrons. The summed E-state index contributed by atoms with van der Waals surface area (Å²) in [6.07, 6.45) is 2.32. The molecular formula is C17H31N3. The molecule has 0 amide bonds. The van der Waals surface area contributed by atoms with Crippen LogP contribution in [0.3, 0.4) is 0 Å². The molecule has 1 aromatic carbocycles. The molecule has 0 spiro atoms. The summed E-state index contributed by atoms with van der Waals surface area (Å²) in [5.41, 5.74) is 2.69. The third-order valence-electron chi connectivity index (χ3n) is 3.67.